The van der Waals surface area contributed by atoms with E-state index in [1.165, 1.54) is 5.69 Å². The smallest absolute Gasteiger partial charge is 0.0948 e. The first-order valence-electron chi connectivity index (χ1n) is 5.36. The first-order chi connectivity index (χ1) is 6.86. The van der Waals surface area contributed by atoms with Gasteiger partial charge in [-0.3, -0.25) is 0 Å². The van der Waals surface area contributed by atoms with E-state index in [0.29, 0.717) is 6.10 Å². The van der Waals surface area contributed by atoms with E-state index < -0.39 is 0 Å². The van der Waals surface area contributed by atoms with E-state index in [1.807, 2.05) is 12.3 Å². The molecular weight excluding hydrogens is 176 g/mol. The highest BCUT2D eigenvalue weighted by Crippen LogP contribution is 2.20. The fourth-order valence-corrected chi connectivity index (χ4v) is 1.89. The highest BCUT2D eigenvalue weighted by Gasteiger charge is 2.17. The molecule has 14 heavy (non-hydrogen) atoms. The van der Waals surface area contributed by atoms with Crippen molar-refractivity contribution >= 4 is 0 Å². The first-order valence-corrected chi connectivity index (χ1v) is 5.36. The summed E-state index contributed by atoms with van der Waals surface area (Å²) in [4.78, 5) is 3.19. The average Bonchev–Trinajstić information content (AvgIpc) is 2.72. The van der Waals surface area contributed by atoms with Crippen LogP contribution in [0.4, 0.5) is 0 Å². The van der Waals surface area contributed by atoms with E-state index in [2.05, 4.69) is 23.3 Å². The molecule has 0 spiro atoms. The Hall–Kier alpha value is -0.800. The Kier molecular flexibility index (Phi) is 3.22. The molecule has 1 saturated heterocycles. The number of H-pyrrole nitrogens is 1. The van der Waals surface area contributed by atoms with Gasteiger partial charge in [0, 0.05) is 11.9 Å². The third-order valence-electron chi connectivity index (χ3n) is 2.74. The molecule has 1 aliphatic rings. The second-order valence-corrected chi connectivity index (χ2v) is 3.85. The summed E-state index contributed by atoms with van der Waals surface area (Å²) in [5.41, 5.74) is 1.17. The zero-order valence-corrected chi connectivity index (χ0v) is 8.62. The topological polar surface area (TPSA) is 37.0 Å². The van der Waals surface area contributed by atoms with Crippen LogP contribution in [-0.2, 0) is 4.74 Å². The van der Waals surface area contributed by atoms with E-state index in [0.717, 1.165) is 25.9 Å². The molecular formula is C11H18N2O. The third kappa shape index (κ3) is 2.36. The molecule has 2 rings (SSSR count). The molecule has 1 aliphatic heterocycles. The van der Waals surface area contributed by atoms with Crippen LogP contribution in [0.1, 0.15) is 31.6 Å². The summed E-state index contributed by atoms with van der Waals surface area (Å²) < 4.78 is 5.96. The van der Waals surface area contributed by atoms with Crippen LogP contribution in [0.5, 0.6) is 0 Å². The van der Waals surface area contributed by atoms with Crippen molar-refractivity contribution in [3.8, 4) is 0 Å². The zero-order valence-electron chi connectivity index (χ0n) is 8.62. The van der Waals surface area contributed by atoms with E-state index in [1.54, 1.807) is 0 Å². The lowest BCUT2D eigenvalue weighted by Gasteiger charge is -2.25. The van der Waals surface area contributed by atoms with E-state index in [4.69, 9.17) is 4.74 Å². The van der Waals surface area contributed by atoms with Gasteiger partial charge in [0.15, 0.2) is 0 Å². The van der Waals surface area contributed by atoms with Gasteiger partial charge in [-0.25, -0.2) is 0 Å². The predicted octanol–water partition coefficient (Wildman–Crippen LogP) is 1.84. The predicted molar refractivity (Wildman–Crippen MR) is 56.2 cm³/mol. The van der Waals surface area contributed by atoms with Gasteiger partial charge in [-0.2, -0.15) is 0 Å². The van der Waals surface area contributed by atoms with Gasteiger partial charge < -0.3 is 15.0 Å². The van der Waals surface area contributed by atoms with Gasteiger partial charge in [0.1, 0.15) is 0 Å². The maximum Gasteiger partial charge on any atom is 0.0948 e. The Balaban J connectivity index is 1.84. The van der Waals surface area contributed by atoms with Crippen molar-refractivity contribution in [3.63, 3.8) is 0 Å². The van der Waals surface area contributed by atoms with Crippen LogP contribution in [0.25, 0.3) is 0 Å². The van der Waals surface area contributed by atoms with Crippen LogP contribution in [0.3, 0.4) is 0 Å². The summed E-state index contributed by atoms with van der Waals surface area (Å²) in [6.07, 6.45) is 4.82. The third-order valence-corrected chi connectivity index (χ3v) is 2.74. The van der Waals surface area contributed by atoms with Crippen molar-refractivity contribution in [1.82, 2.24) is 10.3 Å². The Morgan fingerprint density at radius 3 is 2.86 bits per heavy atom. The number of hydrogen-bond acceptors (Lipinski definition) is 2. The fourth-order valence-electron chi connectivity index (χ4n) is 1.89. The van der Waals surface area contributed by atoms with E-state index in [-0.39, 0.29) is 6.10 Å². The summed E-state index contributed by atoms with van der Waals surface area (Å²) in [7, 11) is 0. The Bertz CT molecular complexity index is 252. The van der Waals surface area contributed by atoms with Gasteiger partial charge in [-0.1, -0.05) is 0 Å². The summed E-state index contributed by atoms with van der Waals surface area (Å²) in [5, 5.41) is 3.33. The molecule has 0 amide bonds. The Morgan fingerprint density at radius 2 is 2.21 bits per heavy atom. The number of nitrogens with one attached hydrogen (secondary N) is 2. The first kappa shape index (κ1) is 9.74. The standard InChI is InChI=1S/C11H18N2O/c1-9(11-3-2-6-13-11)14-10-4-7-12-8-5-10/h2-3,6,9-10,12-13H,4-5,7-8H2,1H3/t9-/m0/s1. The van der Waals surface area contributed by atoms with Gasteiger partial charge in [-0.05, 0) is 45.0 Å². The zero-order chi connectivity index (χ0) is 9.80. The van der Waals surface area contributed by atoms with Gasteiger partial charge in [0.05, 0.1) is 12.2 Å². The number of aromatic amines is 1. The van der Waals surface area contributed by atoms with Crippen LogP contribution in [-0.4, -0.2) is 24.2 Å². The molecule has 0 saturated carbocycles. The number of ether oxygens (including phenoxy) is 1. The molecule has 3 heteroatoms. The van der Waals surface area contributed by atoms with Crippen LogP contribution >= 0.6 is 0 Å². The lowest BCUT2D eigenvalue weighted by molar-refractivity contribution is -0.0203. The second-order valence-electron chi connectivity index (χ2n) is 3.85. The Morgan fingerprint density at radius 1 is 1.43 bits per heavy atom. The SMILES string of the molecule is C[C@H](OC1CCNCC1)c1ccc[nH]1. The Labute approximate surface area is 84.9 Å². The van der Waals surface area contributed by atoms with Crippen molar-refractivity contribution in [1.29, 1.82) is 0 Å². The second kappa shape index (κ2) is 4.62. The van der Waals surface area contributed by atoms with Gasteiger partial charge in [0.25, 0.3) is 0 Å². The molecule has 1 aromatic heterocycles. The van der Waals surface area contributed by atoms with Crippen LogP contribution < -0.4 is 5.32 Å². The number of aromatic nitrogens is 1. The maximum atomic E-state index is 5.96. The molecule has 0 radical (unpaired) electrons. The van der Waals surface area contributed by atoms with Gasteiger partial charge in [0.2, 0.25) is 0 Å². The van der Waals surface area contributed by atoms with Crippen LogP contribution in [0, 0.1) is 0 Å². The normalized spacial score (nSPS) is 20.9. The quantitative estimate of drug-likeness (QED) is 0.770. The van der Waals surface area contributed by atoms with Gasteiger partial charge >= 0.3 is 0 Å². The molecule has 0 aliphatic carbocycles. The summed E-state index contributed by atoms with van der Waals surface area (Å²) in [6.45, 7) is 4.28. The minimum atomic E-state index is 0.188. The highest BCUT2D eigenvalue weighted by atomic mass is 16.5. The molecule has 0 bridgehead atoms. The molecule has 78 valence electrons. The monoisotopic (exact) mass is 194 g/mol. The lowest BCUT2D eigenvalue weighted by Crippen LogP contribution is -2.33. The minimum Gasteiger partial charge on any atom is -0.369 e. The van der Waals surface area contributed by atoms with Crippen molar-refractivity contribution in [2.24, 2.45) is 0 Å². The lowest BCUT2D eigenvalue weighted by atomic mass is 10.1. The molecule has 1 aromatic rings. The average molecular weight is 194 g/mol. The largest absolute Gasteiger partial charge is 0.369 e. The molecule has 0 aromatic carbocycles. The molecule has 2 N–H and O–H groups in total. The molecule has 2 heterocycles. The van der Waals surface area contributed by atoms with Gasteiger partial charge in [-0.15, -0.1) is 0 Å². The molecule has 1 fully saturated rings. The highest BCUT2D eigenvalue weighted by molar-refractivity contribution is 5.06. The van der Waals surface area contributed by atoms with Crippen molar-refractivity contribution in [3.05, 3.63) is 24.0 Å². The fraction of sp³-hybridized carbons (Fsp3) is 0.636. The minimum absolute atomic E-state index is 0.188. The number of hydrogen-bond donors (Lipinski definition) is 2. The van der Waals surface area contributed by atoms with Crippen LogP contribution in [0.15, 0.2) is 18.3 Å². The van der Waals surface area contributed by atoms with Crippen molar-refractivity contribution in [2.45, 2.75) is 32.0 Å². The molecule has 1 atom stereocenters. The number of piperidine rings is 1. The van der Waals surface area contributed by atoms with Crippen molar-refractivity contribution < 1.29 is 4.74 Å². The van der Waals surface area contributed by atoms with Crippen molar-refractivity contribution in [2.75, 3.05) is 13.1 Å². The van der Waals surface area contributed by atoms with E-state index in [9.17, 15) is 0 Å². The summed E-state index contributed by atoms with van der Waals surface area (Å²) in [5.74, 6) is 0. The number of rotatable bonds is 3. The summed E-state index contributed by atoms with van der Waals surface area (Å²) >= 11 is 0. The molecule has 3 nitrogen and oxygen atoms in total. The maximum absolute atomic E-state index is 5.96. The van der Waals surface area contributed by atoms with Crippen LogP contribution in [0.2, 0.25) is 0 Å². The molecule has 0 unspecified atom stereocenters. The summed E-state index contributed by atoms with van der Waals surface area (Å²) in [6, 6.07) is 4.09. The van der Waals surface area contributed by atoms with E-state index >= 15 is 0 Å².